The van der Waals surface area contributed by atoms with Crippen molar-refractivity contribution in [3.8, 4) is 11.5 Å². The molecule has 0 bridgehead atoms. The number of hydrogen-bond acceptors (Lipinski definition) is 8. The number of anilines is 1. The quantitative estimate of drug-likeness (QED) is 0.445. The van der Waals surface area contributed by atoms with Crippen molar-refractivity contribution in [2.75, 3.05) is 24.5 Å². The Bertz CT molecular complexity index is 1520. The molecule has 1 N–H and O–H groups in total. The first-order valence-corrected chi connectivity index (χ1v) is 11.4. The fourth-order valence-corrected chi connectivity index (χ4v) is 4.44. The summed E-state index contributed by atoms with van der Waals surface area (Å²) in [5.74, 6) is 1.12. The summed E-state index contributed by atoms with van der Waals surface area (Å²) >= 11 is 12.1. The van der Waals surface area contributed by atoms with E-state index in [1.807, 2.05) is 0 Å². The molecule has 34 heavy (non-hydrogen) atoms. The van der Waals surface area contributed by atoms with Gasteiger partial charge < -0.3 is 14.6 Å². The van der Waals surface area contributed by atoms with Gasteiger partial charge in [-0.05, 0) is 25.1 Å². The number of hydrogen-bond donors (Lipinski definition) is 1. The minimum atomic E-state index is -0.443. The number of imidazole rings is 1. The Morgan fingerprint density at radius 1 is 1.15 bits per heavy atom. The van der Waals surface area contributed by atoms with Crippen LogP contribution in [0.15, 0.2) is 32.2 Å². The molecule has 1 unspecified atom stereocenters. The summed E-state index contributed by atoms with van der Waals surface area (Å²) in [5, 5.41) is 12.5. The van der Waals surface area contributed by atoms with Crippen LogP contribution < -0.4 is 21.5 Å². The number of nitrogens with one attached hydrogen (secondary N) is 1. The highest BCUT2D eigenvalue weighted by atomic mass is 35.5. The number of benzene rings is 1. The third kappa shape index (κ3) is 3.79. The smallest absolute Gasteiger partial charge is 0.332 e. The number of rotatable bonds is 4. The van der Waals surface area contributed by atoms with E-state index < -0.39 is 11.2 Å². The summed E-state index contributed by atoms with van der Waals surface area (Å²) in [4.78, 5) is 32.4. The summed E-state index contributed by atoms with van der Waals surface area (Å²) in [7, 11) is 3.05. The lowest BCUT2D eigenvalue weighted by atomic mass is 10.2. The highest BCUT2D eigenvalue weighted by molar-refractivity contribution is 6.42. The summed E-state index contributed by atoms with van der Waals surface area (Å²) in [6, 6.07) is 5.27. The van der Waals surface area contributed by atoms with E-state index >= 15 is 0 Å². The largest absolute Gasteiger partial charge is 0.419 e. The van der Waals surface area contributed by atoms with Crippen LogP contribution in [0.2, 0.25) is 10.0 Å². The maximum absolute atomic E-state index is 13.1. The number of piperazine rings is 1. The molecule has 0 spiro atoms. The molecule has 0 saturated carbocycles. The lowest BCUT2D eigenvalue weighted by molar-refractivity contribution is 0.465. The number of nitrogens with zero attached hydrogens (tertiary/aromatic N) is 7. The number of aromatic nitrogens is 6. The Balaban J connectivity index is 1.63. The van der Waals surface area contributed by atoms with Crippen LogP contribution >= 0.6 is 23.2 Å². The predicted molar refractivity (Wildman–Crippen MR) is 129 cm³/mol. The molecular weight excluding hydrogens is 483 g/mol. The Hall–Kier alpha value is -3.15. The second-order valence-corrected chi connectivity index (χ2v) is 9.12. The molecule has 13 heteroatoms. The summed E-state index contributed by atoms with van der Waals surface area (Å²) in [6.07, 6.45) is 0. The topological polar surface area (TPSA) is 116 Å². The third-order valence-electron chi connectivity index (χ3n) is 5.91. The molecule has 1 fully saturated rings. The van der Waals surface area contributed by atoms with Crippen LogP contribution in [0, 0.1) is 0 Å². The van der Waals surface area contributed by atoms with E-state index in [1.165, 1.54) is 11.6 Å². The molecule has 0 aliphatic carbocycles. The van der Waals surface area contributed by atoms with Gasteiger partial charge in [0.2, 0.25) is 17.7 Å². The molecule has 0 amide bonds. The van der Waals surface area contributed by atoms with E-state index in [2.05, 4.69) is 27.3 Å². The van der Waals surface area contributed by atoms with Gasteiger partial charge in [0.05, 0.1) is 10.0 Å². The molecule has 178 valence electrons. The maximum atomic E-state index is 13.1. The van der Waals surface area contributed by atoms with E-state index in [9.17, 15) is 9.59 Å². The van der Waals surface area contributed by atoms with Gasteiger partial charge in [-0.3, -0.25) is 18.5 Å². The zero-order valence-corrected chi connectivity index (χ0v) is 20.3. The fraction of sp³-hybridized carbons (Fsp3) is 0.381. The van der Waals surface area contributed by atoms with Gasteiger partial charge >= 0.3 is 5.69 Å². The van der Waals surface area contributed by atoms with Gasteiger partial charge in [-0.15, -0.1) is 10.2 Å². The van der Waals surface area contributed by atoms with Gasteiger partial charge in [-0.2, -0.15) is 4.98 Å². The van der Waals surface area contributed by atoms with Crippen molar-refractivity contribution >= 4 is 40.3 Å². The Kier molecular flexibility index (Phi) is 5.70. The van der Waals surface area contributed by atoms with Crippen molar-refractivity contribution in [1.82, 2.24) is 34.2 Å². The van der Waals surface area contributed by atoms with Crippen LogP contribution in [-0.4, -0.2) is 54.6 Å². The van der Waals surface area contributed by atoms with Crippen LogP contribution in [0.4, 0.5) is 5.95 Å². The molecule has 0 radical (unpaired) electrons. The monoisotopic (exact) mass is 504 g/mol. The zero-order chi connectivity index (χ0) is 24.1. The molecule has 1 aliphatic heterocycles. The van der Waals surface area contributed by atoms with E-state index in [1.54, 1.807) is 29.8 Å². The average molecular weight is 505 g/mol. The normalized spacial score (nSPS) is 16.5. The highest BCUT2D eigenvalue weighted by Crippen LogP contribution is 2.28. The summed E-state index contributed by atoms with van der Waals surface area (Å²) in [6.45, 7) is 4.33. The van der Waals surface area contributed by atoms with E-state index in [4.69, 9.17) is 32.6 Å². The van der Waals surface area contributed by atoms with Crippen molar-refractivity contribution in [2.24, 2.45) is 14.1 Å². The van der Waals surface area contributed by atoms with Crippen molar-refractivity contribution < 1.29 is 4.42 Å². The molecule has 5 rings (SSSR count). The van der Waals surface area contributed by atoms with Crippen molar-refractivity contribution in [1.29, 1.82) is 0 Å². The Labute approximate surface area is 203 Å². The first kappa shape index (κ1) is 22.6. The van der Waals surface area contributed by atoms with Crippen LogP contribution in [-0.2, 0) is 20.6 Å². The molecule has 1 saturated heterocycles. The number of aryl methyl sites for hydroxylation is 1. The first-order valence-electron chi connectivity index (χ1n) is 10.7. The predicted octanol–water partition coefficient (Wildman–Crippen LogP) is 1.64. The molecule has 1 aromatic carbocycles. The van der Waals surface area contributed by atoms with Gasteiger partial charge in [0.1, 0.15) is 6.54 Å². The Morgan fingerprint density at radius 3 is 2.68 bits per heavy atom. The van der Waals surface area contributed by atoms with Crippen LogP contribution in [0.25, 0.3) is 22.6 Å². The second-order valence-electron chi connectivity index (χ2n) is 8.31. The standard InChI is InChI=1S/C21H22Cl2N8O3/c1-11-9-30(7-6-24-11)20-25-17-16(19(32)29(3)21(33)28(17)2)31(20)10-15-26-27-18(34-15)12-4-5-13(22)14(23)8-12/h4-5,8,11,24H,6-7,9-10H2,1-3H3. The van der Waals surface area contributed by atoms with Crippen molar-refractivity contribution in [3.05, 3.63) is 55.0 Å². The van der Waals surface area contributed by atoms with E-state index in [0.717, 1.165) is 11.1 Å². The van der Waals surface area contributed by atoms with Crippen molar-refractivity contribution in [3.63, 3.8) is 0 Å². The minimum absolute atomic E-state index is 0.103. The Morgan fingerprint density at radius 2 is 1.94 bits per heavy atom. The summed E-state index contributed by atoms with van der Waals surface area (Å²) < 4.78 is 10.1. The number of halogens is 2. The molecule has 11 nitrogen and oxygen atoms in total. The third-order valence-corrected chi connectivity index (χ3v) is 6.65. The van der Waals surface area contributed by atoms with Crippen LogP contribution in [0.5, 0.6) is 0 Å². The second kappa shape index (κ2) is 8.57. The molecular formula is C21H22Cl2N8O3. The number of fused-ring (bicyclic) bond motifs is 1. The van der Waals surface area contributed by atoms with Gasteiger partial charge in [0, 0.05) is 45.3 Å². The van der Waals surface area contributed by atoms with Crippen LogP contribution in [0.3, 0.4) is 0 Å². The average Bonchev–Trinajstić information content (AvgIpc) is 3.44. The fourth-order valence-electron chi connectivity index (χ4n) is 4.14. The SMILES string of the molecule is CC1CN(c2nc3c(c(=O)n(C)c(=O)n3C)n2Cc2nnc(-c3ccc(Cl)c(Cl)c3)o2)CCN1. The molecule has 1 aliphatic rings. The van der Waals surface area contributed by atoms with Gasteiger partial charge in [-0.1, -0.05) is 23.2 Å². The van der Waals surface area contributed by atoms with Gasteiger partial charge in [0.15, 0.2) is 11.2 Å². The van der Waals surface area contributed by atoms with E-state index in [0.29, 0.717) is 45.8 Å². The summed E-state index contributed by atoms with van der Waals surface area (Å²) in [5.41, 5.74) is 0.336. The van der Waals surface area contributed by atoms with Crippen LogP contribution in [0.1, 0.15) is 12.8 Å². The highest BCUT2D eigenvalue weighted by Gasteiger charge is 2.26. The van der Waals surface area contributed by atoms with E-state index in [-0.39, 0.29) is 24.4 Å². The van der Waals surface area contributed by atoms with Crippen molar-refractivity contribution in [2.45, 2.75) is 19.5 Å². The molecule has 1 atom stereocenters. The molecule has 4 aromatic rings. The molecule has 4 heterocycles. The minimum Gasteiger partial charge on any atom is -0.419 e. The lowest BCUT2D eigenvalue weighted by Gasteiger charge is -2.32. The maximum Gasteiger partial charge on any atom is 0.332 e. The molecule has 3 aromatic heterocycles. The van der Waals surface area contributed by atoms with Gasteiger partial charge in [-0.25, -0.2) is 4.79 Å². The first-order chi connectivity index (χ1) is 16.2. The zero-order valence-electron chi connectivity index (χ0n) is 18.7. The lowest BCUT2D eigenvalue weighted by Crippen LogP contribution is -2.50. The van der Waals surface area contributed by atoms with Gasteiger partial charge in [0.25, 0.3) is 5.56 Å².